The summed E-state index contributed by atoms with van der Waals surface area (Å²) in [5.41, 5.74) is 8.74. The maximum absolute atomic E-state index is 14.4. The summed E-state index contributed by atoms with van der Waals surface area (Å²) in [5.74, 6) is 0.389. The molecular weight excluding hydrogens is 359 g/mol. The fourth-order valence-corrected chi connectivity index (χ4v) is 3.44. The Bertz CT molecular complexity index is 1150. The Balaban J connectivity index is 1.51. The molecule has 7 heteroatoms. The largest absolute Gasteiger partial charge is 0.489 e. The van der Waals surface area contributed by atoms with Gasteiger partial charge in [0.2, 0.25) is 0 Å². The number of halogens is 1. The lowest BCUT2D eigenvalue weighted by atomic mass is 10.1. The summed E-state index contributed by atoms with van der Waals surface area (Å²) in [7, 11) is 0. The van der Waals surface area contributed by atoms with Crippen LogP contribution < -0.4 is 16.0 Å². The van der Waals surface area contributed by atoms with Crippen LogP contribution in [0.5, 0.6) is 5.75 Å². The first-order chi connectivity index (χ1) is 13.4. The number of hydrogen-bond acceptors (Lipinski definition) is 5. The lowest BCUT2D eigenvalue weighted by molar-refractivity contribution is 0.347. The van der Waals surface area contributed by atoms with Gasteiger partial charge in [0.05, 0.1) is 17.9 Å². The summed E-state index contributed by atoms with van der Waals surface area (Å²) in [6, 6.07) is 6.24. The maximum atomic E-state index is 14.4. The van der Waals surface area contributed by atoms with Crippen LogP contribution in [0.4, 0.5) is 10.2 Å². The van der Waals surface area contributed by atoms with E-state index in [9.17, 15) is 9.18 Å². The molecule has 2 N–H and O–H groups in total. The molecule has 0 radical (unpaired) electrons. The molecule has 0 spiro atoms. The predicted octanol–water partition coefficient (Wildman–Crippen LogP) is 3.47. The molecule has 3 aromatic rings. The molecule has 0 bridgehead atoms. The average Bonchev–Trinajstić information content (AvgIpc) is 3.10. The van der Waals surface area contributed by atoms with Crippen molar-refractivity contribution in [2.75, 3.05) is 12.3 Å². The van der Waals surface area contributed by atoms with E-state index in [1.165, 1.54) is 12.1 Å². The van der Waals surface area contributed by atoms with Crippen LogP contribution in [0.3, 0.4) is 0 Å². The zero-order valence-electron chi connectivity index (χ0n) is 15.8. The van der Waals surface area contributed by atoms with Gasteiger partial charge in [-0.2, -0.15) is 0 Å². The summed E-state index contributed by atoms with van der Waals surface area (Å²) < 4.78 is 21.8. The molecule has 144 valence electrons. The lowest BCUT2D eigenvalue weighted by Crippen LogP contribution is -2.22. The van der Waals surface area contributed by atoms with E-state index in [1.807, 2.05) is 6.08 Å². The molecule has 1 unspecified atom stereocenters. The van der Waals surface area contributed by atoms with Crippen LogP contribution in [0.2, 0.25) is 0 Å². The molecule has 4 rings (SSSR count). The molecule has 1 aliphatic carbocycles. The molecule has 28 heavy (non-hydrogen) atoms. The fourth-order valence-electron chi connectivity index (χ4n) is 3.44. The van der Waals surface area contributed by atoms with E-state index in [4.69, 9.17) is 10.5 Å². The fraction of sp³-hybridized carbons (Fsp3) is 0.286. The molecule has 1 atom stereocenters. The van der Waals surface area contributed by atoms with Crippen molar-refractivity contribution in [3.63, 3.8) is 0 Å². The van der Waals surface area contributed by atoms with E-state index in [0.29, 0.717) is 34.8 Å². The van der Waals surface area contributed by atoms with Gasteiger partial charge in [-0.1, -0.05) is 6.08 Å². The average molecular weight is 380 g/mol. The van der Waals surface area contributed by atoms with E-state index in [0.717, 1.165) is 24.0 Å². The second-order valence-electron chi connectivity index (χ2n) is 7.16. The molecule has 2 heterocycles. The first kappa shape index (κ1) is 18.2. The van der Waals surface area contributed by atoms with E-state index < -0.39 is 5.82 Å². The zero-order valence-corrected chi connectivity index (χ0v) is 15.8. The summed E-state index contributed by atoms with van der Waals surface area (Å²) in [6.07, 6.45) is 5.23. The number of rotatable bonds is 4. The first-order valence-electron chi connectivity index (χ1n) is 9.14. The van der Waals surface area contributed by atoms with Gasteiger partial charge in [-0.15, -0.1) is 0 Å². The topological polar surface area (TPSA) is 83.0 Å². The number of allylic oxidation sites excluding steroid dienone is 1. The highest BCUT2D eigenvalue weighted by atomic mass is 19.1. The van der Waals surface area contributed by atoms with Gasteiger partial charge in [-0.05, 0) is 43.9 Å². The molecule has 0 saturated heterocycles. The number of anilines is 1. The van der Waals surface area contributed by atoms with Crippen molar-refractivity contribution in [2.24, 2.45) is 0 Å². The molecule has 2 aromatic heterocycles. The van der Waals surface area contributed by atoms with Gasteiger partial charge >= 0.3 is 0 Å². The van der Waals surface area contributed by atoms with Gasteiger partial charge < -0.3 is 10.5 Å². The van der Waals surface area contributed by atoms with Crippen molar-refractivity contribution >= 4 is 16.7 Å². The Hall–Kier alpha value is -3.22. The third-order valence-corrected chi connectivity index (χ3v) is 5.03. The van der Waals surface area contributed by atoms with Crippen LogP contribution in [0.25, 0.3) is 10.9 Å². The van der Waals surface area contributed by atoms with E-state index >= 15 is 0 Å². The standard InChI is InChI=1S/C21H21FN4O2/c1-12-5-17-18(22)8-16(9-19(17)25-21(12)23)28-10-14-3-4-15(7-14)26-11-24-13(2)6-20(26)27/h5-9,11,15H,3-4,10H2,1-2H3,(H2,23,25). The quantitative estimate of drug-likeness (QED) is 0.701. The Morgan fingerprint density at radius 2 is 2.11 bits per heavy atom. The number of nitrogens with two attached hydrogens (primary N) is 1. The third-order valence-electron chi connectivity index (χ3n) is 5.03. The number of aromatic nitrogens is 3. The highest BCUT2D eigenvalue weighted by Crippen LogP contribution is 2.29. The van der Waals surface area contributed by atoms with Crippen molar-refractivity contribution in [1.29, 1.82) is 0 Å². The first-order valence-corrected chi connectivity index (χ1v) is 9.14. The van der Waals surface area contributed by atoms with Gasteiger partial charge in [0.15, 0.2) is 0 Å². The normalized spacial score (nSPS) is 16.4. The zero-order chi connectivity index (χ0) is 19.8. The molecule has 0 aliphatic heterocycles. The van der Waals surface area contributed by atoms with Gasteiger partial charge in [-0.25, -0.2) is 14.4 Å². The van der Waals surface area contributed by atoms with Crippen LogP contribution in [-0.2, 0) is 0 Å². The van der Waals surface area contributed by atoms with Crippen LogP contribution in [0.1, 0.15) is 30.1 Å². The Morgan fingerprint density at radius 1 is 1.29 bits per heavy atom. The Labute approximate surface area is 161 Å². The van der Waals surface area contributed by atoms with Crippen molar-refractivity contribution in [3.05, 3.63) is 69.7 Å². The van der Waals surface area contributed by atoms with Crippen LogP contribution in [-0.4, -0.2) is 21.1 Å². The third kappa shape index (κ3) is 3.47. The van der Waals surface area contributed by atoms with Crippen LogP contribution >= 0.6 is 0 Å². The lowest BCUT2D eigenvalue weighted by Gasteiger charge is -2.10. The van der Waals surface area contributed by atoms with E-state index in [-0.39, 0.29) is 11.6 Å². The monoisotopic (exact) mass is 380 g/mol. The molecule has 1 aliphatic rings. The van der Waals surface area contributed by atoms with Crippen molar-refractivity contribution in [2.45, 2.75) is 32.7 Å². The molecule has 0 amide bonds. The van der Waals surface area contributed by atoms with E-state index in [1.54, 1.807) is 36.9 Å². The van der Waals surface area contributed by atoms with Gasteiger partial charge in [0.1, 0.15) is 24.0 Å². The Morgan fingerprint density at radius 3 is 2.89 bits per heavy atom. The summed E-state index contributed by atoms with van der Waals surface area (Å²) in [5, 5.41) is 0.422. The highest BCUT2D eigenvalue weighted by molar-refractivity contribution is 5.83. The second-order valence-corrected chi connectivity index (χ2v) is 7.16. The minimum atomic E-state index is -0.390. The number of nitrogens with zero attached hydrogens (tertiary/aromatic N) is 3. The molecular formula is C21H21FN4O2. The van der Waals surface area contributed by atoms with Crippen molar-refractivity contribution < 1.29 is 9.13 Å². The second kappa shape index (κ2) is 7.07. The Kier molecular flexibility index (Phi) is 4.58. The van der Waals surface area contributed by atoms with Gasteiger partial charge in [0, 0.05) is 29.3 Å². The minimum absolute atomic E-state index is 0.0306. The highest BCUT2D eigenvalue weighted by Gasteiger charge is 2.19. The number of benzene rings is 1. The van der Waals surface area contributed by atoms with Crippen molar-refractivity contribution in [1.82, 2.24) is 14.5 Å². The molecule has 0 fully saturated rings. The predicted molar refractivity (Wildman–Crippen MR) is 106 cm³/mol. The summed E-state index contributed by atoms with van der Waals surface area (Å²) >= 11 is 0. The SMILES string of the molecule is Cc1cc(=O)n(C2C=C(COc3cc(F)c4cc(C)c(N)nc4c3)CC2)cn1. The number of fused-ring (bicyclic) bond motifs is 1. The number of nitrogen functional groups attached to an aromatic ring is 1. The minimum Gasteiger partial charge on any atom is -0.489 e. The maximum Gasteiger partial charge on any atom is 0.254 e. The number of aryl methyl sites for hydroxylation is 2. The van der Waals surface area contributed by atoms with Gasteiger partial charge in [-0.3, -0.25) is 9.36 Å². The number of ether oxygens (including phenoxy) is 1. The van der Waals surface area contributed by atoms with E-state index in [2.05, 4.69) is 9.97 Å². The van der Waals surface area contributed by atoms with Crippen LogP contribution in [0, 0.1) is 19.7 Å². The molecule has 0 saturated carbocycles. The van der Waals surface area contributed by atoms with Crippen LogP contribution in [0.15, 0.2) is 47.0 Å². The van der Waals surface area contributed by atoms with Crippen molar-refractivity contribution in [3.8, 4) is 5.75 Å². The summed E-state index contributed by atoms with van der Waals surface area (Å²) in [4.78, 5) is 20.6. The number of pyridine rings is 1. The smallest absolute Gasteiger partial charge is 0.254 e. The molecule has 1 aromatic carbocycles. The van der Waals surface area contributed by atoms with Gasteiger partial charge in [0.25, 0.3) is 5.56 Å². The molecule has 6 nitrogen and oxygen atoms in total. The number of hydrogen-bond donors (Lipinski definition) is 1. The summed E-state index contributed by atoms with van der Waals surface area (Å²) in [6.45, 7) is 3.92.